The van der Waals surface area contributed by atoms with Crippen LogP contribution in [-0.4, -0.2) is 56.3 Å². The minimum Gasteiger partial charge on any atom is -0.493 e. The predicted octanol–water partition coefficient (Wildman–Crippen LogP) is 3.76. The van der Waals surface area contributed by atoms with E-state index in [-0.39, 0.29) is 23.4 Å². The molecule has 1 aliphatic rings. The molecule has 11 heteroatoms. The number of benzene rings is 2. The number of carbonyl (C=O) groups excluding carboxylic acids is 1. The molecule has 1 aliphatic heterocycles. The zero-order valence-electron chi connectivity index (χ0n) is 21.8. The number of nitrogens with one attached hydrogen (secondary N) is 3. The van der Waals surface area contributed by atoms with Crippen molar-refractivity contribution < 1.29 is 23.0 Å². The van der Waals surface area contributed by atoms with Gasteiger partial charge in [-0.3, -0.25) is 4.79 Å². The summed E-state index contributed by atoms with van der Waals surface area (Å²) in [6.07, 6.45) is 4.04. The summed E-state index contributed by atoms with van der Waals surface area (Å²) in [6.45, 7) is 8.91. The first-order valence-corrected chi connectivity index (χ1v) is 12.1. The molecule has 3 N–H and O–H groups in total. The van der Waals surface area contributed by atoms with E-state index in [2.05, 4.69) is 49.2 Å². The number of aromatic nitrogens is 2. The summed E-state index contributed by atoms with van der Waals surface area (Å²) in [4.78, 5) is 22.9. The van der Waals surface area contributed by atoms with E-state index in [0.29, 0.717) is 16.9 Å². The van der Waals surface area contributed by atoms with E-state index in [0.717, 1.165) is 43.5 Å². The maximum absolute atomic E-state index is 14.6. The Balaban J connectivity index is 1.60. The number of nitrogens with zero attached hydrogens (tertiary/aromatic N) is 3. The molecule has 0 atom stereocenters. The van der Waals surface area contributed by atoms with E-state index in [1.165, 1.54) is 32.7 Å². The van der Waals surface area contributed by atoms with Crippen molar-refractivity contribution >= 4 is 28.9 Å². The van der Waals surface area contributed by atoms with Crippen LogP contribution in [0.2, 0.25) is 0 Å². The van der Waals surface area contributed by atoms with Crippen molar-refractivity contribution in [2.75, 3.05) is 55.9 Å². The monoisotopic (exact) mass is 534 g/mol. The number of amides is 1. The molecule has 3 aromatic rings. The van der Waals surface area contributed by atoms with Crippen LogP contribution in [0.5, 0.6) is 11.5 Å². The lowest BCUT2D eigenvalue weighted by Crippen LogP contribution is -2.43. The summed E-state index contributed by atoms with van der Waals surface area (Å²) in [5, 5.41) is 9.32. The van der Waals surface area contributed by atoms with Crippen molar-refractivity contribution in [2.24, 2.45) is 0 Å². The van der Waals surface area contributed by atoms with E-state index < -0.39 is 17.2 Å². The maximum Gasteiger partial charge on any atom is 0.247 e. The normalized spacial score (nSPS) is 12.7. The number of hydrogen-bond acceptors (Lipinski definition) is 8. The van der Waals surface area contributed by atoms with Crippen LogP contribution in [0.3, 0.4) is 0 Å². The van der Waals surface area contributed by atoms with Crippen LogP contribution in [0.4, 0.5) is 31.8 Å². The first kappa shape index (κ1) is 27.3. The Morgan fingerprint density at radius 2 is 1.72 bits per heavy atom. The van der Waals surface area contributed by atoms with Crippen LogP contribution in [-0.2, 0) is 4.79 Å². The fourth-order valence-corrected chi connectivity index (χ4v) is 4.02. The molecule has 202 valence electrons. The van der Waals surface area contributed by atoms with Gasteiger partial charge in [0.2, 0.25) is 11.9 Å². The highest BCUT2D eigenvalue weighted by atomic mass is 19.1. The van der Waals surface area contributed by atoms with Crippen LogP contribution in [0.1, 0.15) is 16.7 Å². The largest absolute Gasteiger partial charge is 0.493 e. The summed E-state index contributed by atoms with van der Waals surface area (Å²) in [7, 11) is 2.53. The third-order valence-corrected chi connectivity index (χ3v) is 6.04. The molecule has 1 saturated heterocycles. The second kappa shape index (κ2) is 12.2. The molecule has 1 amide bonds. The average Bonchev–Trinajstić information content (AvgIpc) is 2.96. The Morgan fingerprint density at radius 1 is 1.08 bits per heavy atom. The van der Waals surface area contributed by atoms with Gasteiger partial charge >= 0.3 is 0 Å². The lowest BCUT2D eigenvalue weighted by atomic mass is 10.1. The lowest BCUT2D eigenvalue weighted by molar-refractivity contribution is -0.111. The zero-order valence-corrected chi connectivity index (χ0v) is 21.8. The Kier molecular flexibility index (Phi) is 8.58. The number of anilines is 4. The van der Waals surface area contributed by atoms with Crippen molar-refractivity contribution in [3.05, 3.63) is 71.6 Å². The predicted molar refractivity (Wildman–Crippen MR) is 146 cm³/mol. The minimum absolute atomic E-state index is 0.189. The maximum atomic E-state index is 14.6. The Bertz CT molecular complexity index is 1420. The van der Waals surface area contributed by atoms with Gasteiger partial charge in [-0.2, -0.15) is 0 Å². The van der Waals surface area contributed by atoms with Gasteiger partial charge in [-0.1, -0.05) is 18.4 Å². The molecule has 0 aliphatic carbocycles. The summed E-state index contributed by atoms with van der Waals surface area (Å²) in [5.41, 5.74) is 2.87. The van der Waals surface area contributed by atoms with Gasteiger partial charge in [-0.25, -0.2) is 18.7 Å². The lowest BCUT2D eigenvalue weighted by Gasteiger charge is -2.30. The fraction of sp³-hybridized carbons (Fsp3) is 0.250. The van der Waals surface area contributed by atoms with E-state index >= 15 is 0 Å². The molecule has 9 nitrogen and oxygen atoms in total. The molecule has 4 rings (SSSR count). The minimum atomic E-state index is -0.934. The van der Waals surface area contributed by atoms with Crippen molar-refractivity contribution in [3.63, 3.8) is 0 Å². The highest BCUT2D eigenvalue weighted by Crippen LogP contribution is 2.34. The van der Waals surface area contributed by atoms with Crippen LogP contribution >= 0.6 is 0 Å². The van der Waals surface area contributed by atoms with Gasteiger partial charge in [-0.15, -0.1) is 0 Å². The van der Waals surface area contributed by atoms with Crippen molar-refractivity contribution in [1.82, 2.24) is 15.3 Å². The van der Waals surface area contributed by atoms with Crippen LogP contribution < -0.4 is 30.3 Å². The zero-order chi connectivity index (χ0) is 27.9. The number of carbonyl (C=O) groups is 1. The van der Waals surface area contributed by atoms with Crippen molar-refractivity contribution in [3.8, 4) is 23.3 Å². The third kappa shape index (κ3) is 6.25. The molecule has 1 aromatic heterocycles. The Labute approximate surface area is 225 Å². The molecule has 0 unspecified atom stereocenters. The molecule has 0 bridgehead atoms. The van der Waals surface area contributed by atoms with E-state index in [9.17, 15) is 13.6 Å². The second-order valence-electron chi connectivity index (χ2n) is 8.57. The van der Waals surface area contributed by atoms with Crippen LogP contribution in [0, 0.1) is 30.4 Å². The molecular weight excluding hydrogens is 506 g/mol. The van der Waals surface area contributed by atoms with Crippen LogP contribution in [0.15, 0.2) is 43.2 Å². The van der Waals surface area contributed by atoms with E-state index in [4.69, 9.17) is 9.47 Å². The Morgan fingerprint density at radius 3 is 2.31 bits per heavy atom. The molecule has 0 spiro atoms. The summed E-state index contributed by atoms with van der Waals surface area (Å²) >= 11 is 0. The molecule has 2 heterocycles. The number of rotatable bonds is 7. The molecule has 2 aromatic carbocycles. The third-order valence-electron chi connectivity index (χ3n) is 6.04. The van der Waals surface area contributed by atoms with Gasteiger partial charge < -0.3 is 30.3 Å². The summed E-state index contributed by atoms with van der Waals surface area (Å²) < 4.78 is 39.1. The molecular formula is C28H28F2N6O3. The number of methoxy groups -OCH3 is 2. The summed E-state index contributed by atoms with van der Waals surface area (Å²) in [5.74, 6) is 2.78. The average molecular weight is 535 g/mol. The molecule has 0 radical (unpaired) electrons. The van der Waals surface area contributed by atoms with Crippen molar-refractivity contribution in [2.45, 2.75) is 6.92 Å². The smallest absolute Gasteiger partial charge is 0.247 e. The summed E-state index contributed by atoms with van der Waals surface area (Å²) in [6, 6.07) is 5.04. The van der Waals surface area contributed by atoms with Gasteiger partial charge in [0.15, 0.2) is 23.1 Å². The van der Waals surface area contributed by atoms with Gasteiger partial charge in [0.1, 0.15) is 5.56 Å². The number of aryl methyl sites for hydroxylation is 1. The second-order valence-corrected chi connectivity index (χ2v) is 8.57. The topological polar surface area (TPSA) is 101 Å². The fourth-order valence-electron chi connectivity index (χ4n) is 4.02. The number of piperazine rings is 1. The first-order chi connectivity index (χ1) is 18.8. The molecule has 0 saturated carbocycles. The molecule has 1 fully saturated rings. The van der Waals surface area contributed by atoms with Gasteiger partial charge in [-0.05, 0) is 30.7 Å². The number of ether oxygens (including phenoxy) is 2. The van der Waals surface area contributed by atoms with Gasteiger partial charge in [0, 0.05) is 50.3 Å². The van der Waals surface area contributed by atoms with E-state index in [1.807, 2.05) is 19.1 Å². The van der Waals surface area contributed by atoms with Gasteiger partial charge in [0.05, 0.1) is 31.2 Å². The first-order valence-electron chi connectivity index (χ1n) is 12.1. The quantitative estimate of drug-likeness (QED) is 0.311. The van der Waals surface area contributed by atoms with E-state index in [1.54, 1.807) is 0 Å². The standard InChI is InChI=1S/C28H28F2N6O3/c1-5-24(37)34-21-13-19(36-10-8-31-9-11-36)12-17(2)27(21)35-28-32-15-18(16-33-28)6-7-20-25(29)22(38-3)14-23(39-4)26(20)30/h5,12-16,31H,1,8-11H2,2-4H3,(H,34,37)(H,32,33,35). The highest BCUT2D eigenvalue weighted by Gasteiger charge is 2.19. The van der Waals surface area contributed by atoms with Crippen molar-refractivity contribution in [1.29, 1.82) is 0 Å². The SMILES string of the molecule is C=CC(=O)Nc1cc(N2CCNCC2)cc(C)c1Nc1ncc(C#Cc2c(F)c(OC)cc(OC)c2F)cn1. The molecule has 39 heavy (non-hydrogen) atoms. The highest BCUT2D eigenvalue weighted by molar-refractivity contribution is 6.02. The van der Waals surface area contributed by atoms with Crippen LogP contribution in [0.25, 0.3) is 0 Å². The van der Waals surface area contributed by atoms with Gasteiger partial charge in [0.25, 0.3) is 0 Å². The number of halogens is 2. The number of hydrogen-bond donors (Lipinski definition) is 3. The Hall–Kier alpha value is -4.69.